The average molecular weight is 405 g/mol. The molecular formula is C20H21ClN2O3S. The third-order valence-electron chi connectivity index (χ3n) is 4.52. The molecule has 0 radical (unpaired) electrons. The number of carbonyl (C=O) groups excluding carboxylic acids is 1. The molecule has 1 aromatic heterocycles. The highest BCUT2D eigenvalue weighted by atomic mass is 35.5. The zero-order chi connectivity index (χ0) is 19.7. The second-order valence-electron chi connectivity index (χ2n) is 6.77. The van der Waals surface area contributed by atoms with Crippen LogP contribution in [0.1, 0.15) is 37.2 Å². The molecule has 0 spiro atoms. The van der Waals surface area contributed by atoms with Crippen molar-refractivity contribution in [3.8, 4) is 11.1 Å². The standard InChI is InChI=1S/C20H21ClN2O3S/c1-12(2)20(24)23-11-17(13(3)22-27(25)26)16-9-8-14(10-19(16)23)15-6-4-5-7-18(15)21/h4-13,27H,1-3H3,(H,22,25,26). The van der Waals surface area contributed by atoms with Gasteiger partial charge in [-0.15, -0.1) is 0 Å². The van der Waals surface area contributed by atoms with Crippen LogP contribution in [0.5, 0.6) is 0 Å². The van der Waals surface area contributed by atoms with Crippen molar-refractivity contribution in [2.24, 2.45) is 5.92 Å². The quantitative estimate of drug-likeness (QED) is 0.618. The maximum Gasteiger partial charge on any atom is 0.233 e. The number of nitrogens with zero attached hydrogens (tertiary/aromatic N) is 1. The van der Waals surface area contributed by atoms with Crippen molar-refractivity contribution < 1.29 is 13.2 Å². The van der Waals surface area contributed by atoms with Crippen LogP contribution < -0.4 is 4.72 Å². The molecule has 1 unspecified atom stereocenters. The number of nitrogens with one attached hydrogen (secondary N) is 1. The van der Waals surface area contributed by atoms with E-state index in [1.807, 2.05) is 56.3 Å². The lowest BCUT2D eigenvalue weighted by atomic mass is 10.0. The molecule has 0 saturated heterocycles. The molecule has 3 aromatic rings. The van der Waals surface area contributed by atoms with Gasteiger partial charge in [0.2, 0.25) is 16.8 Å². The van der Waals surface area contributed by atoms with Crippen molar-refractivity contribution in [3.63, 3.8) is 0 Å². The van der Waals surface area contributed by atoms with Crippen LogP contribution in [0.4, 0.5) is 0 Å². The third kappa shape index (κ3) is 3.93. The summed E-state index contributed by atoms with van der Waals surface area (Å²) in [5.41, 5.74) is 3.26. The van der Waals surface area contributed by atoms with Crippen LogP contribution in [-0.4, -0.2) is 18.9 Å². The summed E-state index contributed by atoms with van der Waals surface area (Å²) in [4.78, 5) is 12.7. The second-order valence-corrected chi connectivity index (χ2v) is 7.95. The van der Waals surface area contributed by atoms with Gasteiger partial charge >= 0.3 is 0 Å². The van der Waals surface area contributed by atoms with Crippen molar-refractivity contribution in [3.05, 3.63) is 59.2 Å². The van der Waals surface area contributed by atoms with E-state index in [0.717, 1.165) is 27.6 Å². The van der Waals surface area contributed by atoms with E-state index < -0.39 is 16.9 Å². The molecule has 2 aromatic carbocycles. The minimum atomic E-state index is -2.75. The minimum absolute atomic E-state index is 0.0544. The van der Waals surface area contributed by atoms with Gasteiger partial charge in [0.05, 0.1) is 5.52 Å². The number of rotatable bonds is 5. The SMILES string of the molecule is CC(C)C(=O)n1cc(C(C)N[SH](=O)=O)c2ccc(-c3ccccc3Cl)cc21. The van der Waals surface area contributed by atoms with E-state index in [9.17, 15) is 13.2 Å². The zero-order valence-electron chi connectivity index (χ0n) is 15.3. The van der Waals surface area contributed by atoms with Crippen LogP contribution in [0.2, 0.25) is 5.02 Å². The summed E-state index contributed by atoms with van der Waals surface area (Å²) in [6, 6.07) is 12.8. The molecule has 27 heavy (non-hydrogen) atoms. The van der Waals surface area contributed by atoms with Crippen LogP contribution in [0, 0.1) is 5.92 Å². The molecule has 0 aliphatic heterocycles. The van der Waals surface area contributed by atoms with E-state index in [1.165, 1.54) is 0 Å². The molecule has 0 aliphatic carbocycles. The molecule has 7 heteroatoms. The Morgan fingerprint density at radius 3 is 2.44 bits per heavy atom. The Labute approximate surface area is 165 Å². The molecule has 1 heterocycles. The predicted octanol–water partition coefficient (Wildman–Crippen LogP) is 4.43. The van der Waals surface area contributed by atoms with Gasteiger partial charge in [-0.2, -0.15) is 0 Å². The van der Waals surface area contributed by atoms with E-state index in [2.05, 4.69) is 4.72 Å². The van der Waals surface area contributed by atoms with E-state index in [0.29, 0.717) is 5.02 Å². The number of aromatic nitrogens is 1. The zero-order valence-corrected chi connectivity index (χ0v) is 16.9. The fraction of sp³-hybridized carbons (Fsp3) is 0.250. The smallest absolute Gasteiger partial charge is 0.233 e. The molecule has 0 fully saturated rings. The van der Waals surface area contributed by atoms with Crippen molar-refractivity contribution >= 4 is 39.3 Å². The molecule has 3 rings (SSSR count). The topological polar surface area (TPSA) is 68.2 Å². The molecule has 1 atom stereocenters. The summed E-state index contributed by atoms with van der Waals surface area (Å²) in [6.07, 6.45) is 1.72. The number of hydrogen-bond acceptors (Lipinski definition) is 3. The lowest BCUT2D eigenvalue weighted by Crippen LogP contribution is -2.17. The largest absolute Gasteiger partial charge is 0.287 e. The molecular weight excluding hydrogens is 384 g/mol. The Bertz CT molecular complexity index is 1080. The number of carbonyl (C=O) groups is 1. The summed E-state index contributed by atoms with van der Waals surface area (Å²) < 4.78 is 26.3. The number of fused-ring (bicyclic) bond motifs is 1. The molecule has 0 aliphatic rings. The Balaban J connectivity index is 2.23. The monoisotopic (exact) mass is 404 g/mol. The van der Waals surface area contributed by atoms with Crippen LogP contribution in [0.15, 0.2) is 48.7 Å². The Kier molecular flexibility index (Phi) is 5.69. The summed E-state index contributed by atoms with van der Waals surface area (Å²) in [5, 5.41) is 1.46. The van der Waals surface area contributed by atoms with E-state index in [-0.39, 0.29) is 11.8 Å². The predicted molar refractivity (Wildman–Crippen MR) is 110 cm³/mol. The molecule has 0 amide bonds. The van der Waals surface area contributed by atoms with Gasteiger partial charge in [0.25, 0.3) is 0 Å². The second kappa shape index (κ2) is 7.84. The van der Waals surface area contributed by atoms with Gasteiger partial charge in [0.1, 0.15) is 0 Å². The highest BCUT2D eigenvalue weighted by molar-refractivity contribution is 7.70. The first-order valence-corrected chi connectivity index (χ1v) is 10.2. The fourth-order valence-electron chi connectivity index (χ4n) is 3.15. The Morgan fingerprint density at radius 2 is 1.81 bits per heavy atom. The molecule has 5 nitrogen and oxygen atoms in total. The van der Waals surface area contributed by atoms with E-state index >= 15 is 0 Å². The van der Waals surface area contributed by atoms with E-state index in [4.69, 9.17) is 11.6 Å². The Hall–Kier alpha value is -2.15. The summed E-state index contributed by atoms with van der Waals surface area (Å²) in [6.45, 7) is 5.43. The van der Waals surface area contributed by atoms with Crippen molar-refractivity contribution in [2.75, 3.05) is 0 Å². The first kappa shape index (κ1) is 19.6. The van der Waals surface area contributed by atoms with Gasteiger partial charge in [-0.25, -0.2) is 13.1 Å². The number of halogens is 1. The van der Waals surface area contributed by atoms with Gasteiger partial charge in [0, 0.05) is 34.1 Å². The normalized spacial score (nSPS) is 12.8. The average Bonchev–Trinajstić information content (AvgIpc) is 2.99. The van der Waals surface area contributed by atoms with Gasteiger partial charge in [-0.3, -0.25) is 9.36 Å². The molecule has 0 bridgehead atoms. The van der Waals surface area contributed by atoms with Crippen LogP contribution in [-0.2, 0) is 10.9 Å². The third-order valence-corrected chi connectivity index (χ3v) is 5.45. The molecule has 1 N–H and O–H groups in total. The van der Waals surface area contributed by atoms with Crippen LogP contribution in [0.25, 0.3) is 22.0 Å². The van der Waals surface area contributed by atoms with Crippen LogP contribution >= 0.6 is 11.6 Å². The minimum Gasteiger partial charge on any atom is -0.287 e. The summed E-state index contributed by atoms with van der Waals surface area (Å²) >= 11 is 6.32. The van der Waals surface area contributed by atoms with Gasteiger partial charge in [-0.05, 0) is 30.2 Å². The summed E-state index contributed by atoms with van der Waals surface area (Å²) in [5.74, 6) is -0.252. The maximum atomic E-state index is 12.7. The molecule has 142 valence electrons. The molecule has 0 saturated carbocycles. The lowest BCUT2D eigenvalue weighted by molar-refractivity contribution is 0.0860. The van der Waals surface area contributed by atoms with Crippen molar-refractivity contribution in [2.45, 2.75) is 26.8 Å². The first-order valence-electron chi connectivity index (χ1n) is 8.64. The first-order chi connectivity index (χ1) is 12.8. The van der Waals surface area contributed by atoms with Gasteiger partial charge < -0.3 is 0 Å². The summed E-state index contributed by atoms with van der Waals surface area (Å²) in [7, 11) is -2.75. The highest BCUT2D eigenvalue weighted by Crippen LogP contribution is 2.33. The van der Waals surface area contributed by atoms with Crippen molar-refractivity contribution in [1.29, 1.82) is 0 Å². The number of benzene rings is 2. The fourth-order valence-corrected chi connectivity index (χ4v) is 3.85. The van der Waals surface area contributed by atoms with Crippen molar-refractivity contribution in [1.82, 2.24) is 9.29 Å². The maximum absolute atomic E-state index is 12.7. The van der Waals surface area contributed by atoms with E-state index in [1.54, 1.807) is 17.7 Å². The highest BCUT2D eigenvalue weighted by Gasteiger charge is 2.20. The lowest BCUT2D eigenvalue weighted by Gasteiger charge is -2.09. The van der Waals surface area contributed by atoms with Crippen LogP contribution in [0.3, 0.4) is 0 Å². The number of thiol groups is 1. The number of hydrogen-bond donors (Lipinski definition) is 2. The van der Waals surface area contributed by atoms with Gasteiger partial charge in [0.15, 0.2) is 0 Å². The Morgan fingerprint density at radius 1 is 1.11 bits per heavy atom. The van der Waals surface area contributed by atoms with Gasteiger partial charge in [-0.1, -0.05) is 55.8 Å².